The van der Waals surface area contributed by atoms with Gasteiger partial charge in [0, 0.05) is 19.7 Å². The zero-order chi connectivity index (χ0) is 18.1. The number of rotatable bonds is 8. The number of ether oxygens (including phenoxy) is 2. The number of likely N-dealkylation sites (N-methyl/N-ethyl adjacent to an activating group) is 1. The first-order valence-electron chi connectivity index (χ1n) is 7.29. The van der Waals surface area contributed by atoms with E-state index in [0.29, 0.717) is 18.0 Å². The molecule has 0 radical (unpaired) electrons. The van der Waals surface area contributed by atoms with E-state index < -0.39 is 5.91 Å². The third-order valence-corrected chi connectivity index (χ3v) is 3.12. The summed E-state index contributed by atoms with van der Waals surface area (Å²) in [5.41, 5.74) is 5.77. The molecule has 0 aromatic heterocycles. The Morgan fingerprint density at radius 2 is 2.12 bits per heavy atom. The van der Waals surface area contributed by atoms with Crippen molar-refractivity contribution in [3.05, 3.63) is 29.8 Å². The normalized spacial score (nSPS) is 11.6. The van der Waals surface area contributed by atoms with Crippen LogP contribution < -0.4 is 15.2 Å². The lowest BCUT2D eigenvalue weighted by molar-refractivity contribution is -0.125. The number of primary amides is 1. The zero-order valence-electron chi connectivity index (χ0n) is 14.0. The van der Waals surface area contributed by atoms with Gasteiger partial charge in [-0.1, -0.05) is 6.07 Å². The third kappa shape index (κ3) is 6.01. The van der Waals surface area contributed by atoms with E-state index in [4.69, 9.17) is 20.5 Å². The van der Waals surface area contributed by atoms with Gasteiger partial charge in [-0.05, 0) is 30.7 Å². The number of methoxy groups -OCH3 is 1. The van der Waals surface area contributed by atoms with Crippen LogP contribution in [0.4, 0.5) is 0 Å². The van der Waals surface area contributed by atoms with Crippen LogP contribution in [0.1, 0.15) is 12.5 Å². The lowest BCUT2D eigenvalue weighted by Gasteiger charge is -2.16. The summed E-state index contributed by atoms with van der Waals surface area (Å²) in [5, 5.41) is 8.77. The van der Waals surface area contributed by atoms with Crippen LogP contribution in [-0.4, -0.2) is 44.0 Å². The molecule has 2 amide bonds. The molecular formula is C17H21N3O4. The van der Waals surface area contributed by atoms with Crippen molar-refractivity contribution in [1.82, 2.24) is 4.90 Å². The van der Waals surface area contributed by atoms with Crippen LogP contribution in [0.5, 0.6) is 11.5 Å². The maximum atomic E-state index is 12.0. The predicted octanol–water partition coefficient (Wildman–Crippen LogP) is 1.19. The number of carbonyl (C=O) groups excluding carboxylic acids is 2. The minimum absolute atomic E-state index is 0.204. The molecule has 128 valence electrons. The molecule has 0 aliphatic carbocycles. The molecule has 0 saturated carbocycles. The largest absolute Gasteiger partial charge is 0.493 e. The van der Waals surface area contributed by atoms with Crippen molar-refractivity contribution in [1.29, 1.82) is 5.26 Å². The minimum Gasteiger partial charge on any atom is -0.493 e. The van der Waals surface area contributed by atoms with E-state index in [1.54, 1.807) is 38.2 Å². The molecule has 0 bridgehead atoms. The molecule has 0 spiro atoms. The number of carbonyl (C=O) groups is 2. The molecule has 0 saturated heterocycles. The van der Waals surface area contributed by atoms with Gasteiger partial charge in [0.15, 0.2) is 18.1 Å². The SMILES string of the molecule is COc1cc(C=CC(=O)N(C)CC(C)C#N)ccc1OCC(N)=O. The highest BCUT2D eigenvalue weighted by Crippen LogP contribution is 2.28. The summed E-state index contributed by atoms with van der Waals surface area (Å²) in [5.74, 6) is -0.197. The number of amides is 2. The van der Waals surface area contributed by atoms with Gasteiger partial charge in [-0.25, -0.2) is 0 Å². The Morgan fingerprint density at radius 3 is 2.71 bits per heavy atom. The average Bonchev–Trinajstić information content (AvgIpc) is 2.57. The maximum Gasteiger partial charge on any atom is 0.255 e. The number of hydrogen-bond acceptors (Lipinski definition) is 5. The summed E-state index contributed by atoms with van der Waals surface area (Å²) in [6.07, 6.45) is 3.05. The second-order valence-corrected chi connectivity index (χ2v) is 5.25. The van der Waals surface area contributed by atoms with Crippen molar-refractivity contribution in [3.63, 3.8) is 0 Å². The molecule has 7 nitrogen and oxygen atoms in total. The fourth-order valence-corrected chi connectivity index (χ4v) is 1.89. The molecule has 1 atom stereocenters. The van der Waals surface area contributed by atoms with Crippen molar-refractivity contribution < 1.29 is 19.1 Å². The fraction of sp³-hybridized carbons (Fsp3) is 0.353. The van der Waals surface area contributed by atoms with Gasteiger partial charge in [0.1, 0.15) is 0 Å². The summed E-state index contributed by atoms with van der Waals surface area (Å²) in [4.78, 5) is 24.2. The van der Waals surface area contributed by atoms with Gasteiger partial charge in [0.25, 0.3) is 5.91 Å². The first kappa shape index (κ1) is 19.0. The van der Waals surface area contributed by atoms with Crippen molar-refractivity contribution >= 4 is 17.9 Å². The summed E-state index contributed by atoms with van der Waals surface area (Å²) >= 11 is 0. The molecular weight excluding hydrogens is 310 g/mol. The number of nitrogens with zero attached hydrogens (tertiary/aromatic N) is 2. The molecule has 1 rings (SSSR count). The van der Waals surface area contributed by atoms with Crippen LogP contribution in [0.15, 0.2) is 24.3 Å². The van der Waals surface area contributed by atoms with Gasteiger partial charge in [-0.15, -0.1) is 0 Å². The topological polar surface area (TPSA) is 106 Å². The summed E-state index contributed by atoms with van der Waals surface area (Å²) in [6, 6.07) is 7.12. The van der Waals surface area contributed by atoms with E-state index >= 15 is 0 Å². The summed E-state index contributed by atoms with van der Waals surface area (Å²) in [7, 11) is 3.12. The Morgan fingerprint density at radius 1 is 1.42 bits per heavy atom. The Hall–Kier alpha value is -3.01. The van der Waals surface area contributed by atoms with E-state index in [2.05, 4.69) is 6.07 Å². The Bertz CT molecular complexity index is 664. The molecule has 7 heteroatoms. The van der Waals surface area contributed by atoms with Gasteiger partial charge >= 0.3 is 0 Å². The molecule has 1 unspecified atom stereocenters. The smallest absolute Gasteiger partial charge is 0.255 e. The number of hydrogen-bond donors (Lipinski definition) is 1. The number of nitrogens with two attached hydrogens (primary N) is 1. The van der Waals surface area contributed by atoms with Crippen molar-refractivity contribution in [2.45, 2.75) is 6.92 Å². The van der Waals surface area contributed by atoms with Crippen molar-refractivity contribution in [2.24, 2.45) is 11.7 Å². The number of nitriles is 1. The van der Waals surface area contributed by atoms with Crippen LogP contribution in [0.2, 0.25) is 0 Å². The zero-order valence-corrected chi connectivity index (χ0v) is 14.0. The molecule has 0 fully saturated rings. The van der Waals surface area contributed by atoms with E-state index in [1.165, 1.54) is 18.1 Å². The fourth-order valence-electron chi connectivity index (χ4n) is 1.89. The van der Waals surface area contributed by atoms with Gasteiger partial charge in [-0.3, -0.25) is 9.59 Å². The molecule has 0 aliphatic heterocycles. The first-order chi connectivity index (χ1) is 11.4. The molecule has 24 heavy (non-hydrogen) atoms. The summed E-state index contributed by atoms with van der Waals surface area (Å²) in [6.45, 7) is 1.87. The average molecular weight is 331 g/mol. The lowest BCUT2D eigenvalue weighted by atomic mass is 10.1. The Kier molecular flexibility index (Phi) is 7.30. The minimum atomic E-state index is -0.582. The van der Waals surface area contributed by atoms with Crippen LogP contribution >= 0.6 is 0 Å². The Balaban J connectivity index is 2.79. The van der Waals surface area contributed by atoms with Crippen LogP contribution in [0.25, 0.3) is 6.08 Å². The van der Waals surface area contributed by atoms with Gasteiger partial charge in [-0.2, -0.15) is 5.26 Å². The van der Waals surface area contributed by atoms with E-state index in [9.17, 15) is 9.59 Å². The highest BCUT2D eigenvalue weighted by molar-refractivity contribution is 5.91. The van der Waals surface area contributed by atoms with E-state index in [1.807, 2.05) is 0 Å². The summed E-state index contributed by atoms with van der Waals surface area (Å²) < 4.78 is 10.4. The molecule has 2 N–H and O–H groups in total. The van der Waals surface area contributed by atoms with E-state index in [0.717, 1.165) is 5.56 Å². The quantitative estimate of drug-likeness (QED) is 0.720. The molecule has 1 aromatic carbocycles. The van der Waals surface area contributed by atoms with Gasteiger partial charge in [0.05, 0.1) is 19.1 Å². The lowest BCUT2D eigenvalue weighted by Crippen LogP contribution is -2.29. The van der Waals surface area contributed by atoms with Gasteiger partial charge < -0.3 is 20.1 Å². The highest BCUT2D eigenvalue weighted by Gasteiger charge is 2.10. The standard InChI is InChI=1S/C17H21N3O4/c1-12(9-18)10-20(2)17(22)7-5-13-4-6-14(15(8-13)23-3)24-11-16(19)21/h4-8,12H,10-11H2,1-3H3,(H2,19,21). The number of benzene rings is 1. The van der Waals surface area contributed by atoms with Gasteiger partial charge in [0.2, 0.25) is 5.91 Å². The maximum absolute atomic E-state index is 12.0. The second-order valence-electron chi connectivity index (χ2n) is 5.25. The van der Waals surface area contributed by atoms with Crippen molar-refractivity contribution in [2.75, 3.05) is 27.3 Å². The van der Waals surface area contributed by atoms with Crippen molar-refractivity contribution in [3.8, 4) is 17.6 Å². The van der Waals surface area contributed by atoms with Crippen LogP contribution in [-0.2, 0) is 9.59 Å². The molecule has 0 aliphatic rings. The second kappa shape index (κ2) is 9.20. The highest BCUT2D eigenvalue weighted by atomic mass is 16.5. The van der Waals surface area contributed by atoms with E-state index in [-0.39, 0.29) is 18.4 Å². The Labute approximate surface area is 141 Å². The first-order valence-corrected chi connectivity index (χ1v) is 7.29. The molecule has 1 aromatic rings. The third-order valence-electron chi connectivity index (χ3n) is 3.12. The van der Waals surface area contributed by atoms with Crippen LogP contribution in [0.3, 0.4) is 0 Å². The molecule has 0 heterocycles. The monoisotopic (exact) mass is 331 g/mol. The predicted molar refractivity (Wildman–Crippen MR) is 89.1 cm³/mol. The van der Waals surface area contributed by atoms with Crippen LogP contribution in [0, 0.1) is 17.2 Å².